The summed E-state index contributed by atoms with van der Waals surface area (Å²) in [5.41, 5.74) is 2.22. The molecule has 0 bridgehead atoms. The van der Waals surface area contributed by atoms with Crippen LogP contribution in [0.15, 0.2) is 48.5 Å². The van der Waals surface area contributed by atoms with Crippen molar-refractivity contribution in [1.82, 2.24) is 25.1 Å². The highest BCUT2D eigenvalue weighted by Crippen LogP contribution is 2.34. The molecule has 3 N–H and O–H groups in total. The molecule has 1 atom stereocenters. The van der Waals surface area contributed by atoms with E-state index in [0.29, 0.717) is 82.1 Å². The molecule has 0 aliphatic heterocycles. The van der Waals surface area contributed by atoms with Crippen LogP contribution in [0.1, 0.15) is 45.8 Å². The van der Waals surface area contributed by atoms with Crippen molar-refractivity contribution in [3.8, 4) is 17.6 Å². The molecule has 5 rings (SSSR count). The number of rotatable bonds is 17. The minimum absolute atomic E-state index is 0.0503. The van der Waals surface area contributed by atoms with Crippen molar-refractivity contribution in [2.24, 2.45) is 0 Å². The van der Waals surface area contributed by atoms with Crippen LogP contribution in [0.25, 0.3) is 10.2 Å². The van der Waals surface area contributed by atoms with E-state index in [0.717, 1.165) is 15.8 Å². The number of aryl methyl sites for hydroxylation is 2. The van der Waals surface area contributed by atoms with Crippen LogP contribution in [-0.2, 0) is 6.42 Å². The number of carboxylic acids is 1. The van der Waals surface area contributed by atoms with Crippen molar-refractivity contribution in [3.05, 3.63) is 76.0 Å². The van der Waals surface area contributed by atoms with E-state index in [9.17, 15) is 19.4 Å². The maximum atomic E-state index is 14.7. The Morgan fingerprint density at radius 1 is 1.08 bits per heavy atom. The molecular formula is C38H46FN8O4S2+. The minimum Gasteiger partial charge on any atom is -0.491 e. The number of aliphatic hydroxyl groups is 1. The van der Waals surface area contributed by atoms with E-state index < -0.39 is 17.9 Å². The van der Waals surface area contributed by atoms with Crippen LogP contribution >= 0.6 is 22.7 Å². The van der Waals surface area contributed by atoms with Crippen LogP contribution in [0.3, 0.4) is 0 Å². The van der Waals surface area contributed by atoms with Gasteiger partial charge >= 0.3 is 5.97 Å². The topological polar surface area (TPSA) is 137 Å². The number of aromatic carboxylic acids is 1. The normalized spacial score (nSPS) is 12.1. The number of benzene rings is 2. The number of thiazole rings is 2. The van der Waals surface area contributed by atoms with Gasteiger partial charge < -0.3 is 29.6 Å². The lowest BCUT2D eigenvalue weighted by atomic mass is 10.1. The van der Waals surface area contributed by atoms with Gasteiger partial charge in [-0.1, -0.05) is 35.3 Å². The molecule has 0 spiro atoms. The molecule has 1 unspecified atom stereocenters. The highest BCUT2D eigenvalue weighted by Gasteiger charge is 2.24. The van der Waals surface area contributed by atoms with E-state index >= 15 is 0 Å². The summed E-state index contributed by atoms with van der Waals surface area (Å²) in [7, 11) is 9.92. The fourth-order valence-corrected chi connectivity index (χ4v) is 7.46. The van der Waals surface area contributed by atoms with Gasteiger partial charge in [-0.05, 0) is 88.7 Å². The number of halogens is 1. The van der Waals surface area contributed by atoms with Crippen LogP contribution in [0.4, 0.5) is 26.3 Å². The van der Waals surface area contributed by atoms with Crippen LogP contribution in [-0.4, -0.2) is 113 Å². The predicted octanol–water partition coefficient (Wildman–Crippen LogP) is 6.34. The Kier molecular flexibility index (Phi) is 13.3. The Bertz CT molecular complexity index is 2050. The highest BCUT2D eigenvalue weighted by molar-refractivity contribution is 7.22. The Hall–Kier alpha value is -4.72. The largest absolute Gasteiger partial charge is 0.491 e. The van der Waals surface area contributed by atoms with Crippen LogP contribution in [0.2, 0.25) is 0 Å². The quantitative estimate of drug-likeness (QED) is 0.0556. The molecule has 0 radical (unpaired) electrons. The van der Waals surface area contributed by atoms with Gasteiger partial charge in [0.2, 0.25) is 0 Å². The summed E-state index contributed by atoms with van der Waals surface area (Å²) in [5, 5.41) is 34.3. The third-order valence-corrected chi connectivity index (χ3v) is 10.0. The summed E-state index contributed by atoms with van der Waals surface area (Å²) >= 11 is 2.78. The predicted molar refractivity (Wildman–Crippen MR) is 210 cm³/mol. The van der Waals surface area contributed by atoms with Crippen LogP contribution in [0, 0.1) is 24.6 Å². The fourth-order valence-electron chi connectivity index (χ4n) is 5.47. The first-order valence-corrected chi connectivity index (χ1v) is 18.9. The summed E-state index contributed by atoms with van der Waals surface area (Å²) < 4.78 is 22.1. The number of hydrogen-bond donors (Lipinski definition) is 3. The minimum atomic E-state index is -1.14. The first-order chi connectivity index (χ1) is 25.3. The SMILES string of the molecule is Cc1cc(N(CCCC(O)C[N+](C)(C)C)c2nc(C(=O)O)c(CCCOc3ccc(C#CCN(C)C)cc3F)s2)nnc1Nc1nc2ccccc2s1. The number of para-hydroxylation sites is 1. The average molecular weight is 762 g/mol. The summed E-state index contributed by atoms with van der Waals surface area (Å²) in [5.74, 6) is 5.45. The van der Waals surface area contributed by atoms with Crippen molar-refractivity contribution < 1.29 is 28.6 Å². The number of hydrogen-bond acceptors (Lipinski definition) is 12. The lowest BCUT2D eigenvalue weighted by Gasteiger charge is -2.27. The Morgan fingerprint density at radius 3 is 2.57 bits per heavy atom. The summed E-state index contributed by atoms with van der Waals surface area (Å²) in [6.07, 6.45) is 1.43. The highest BCUT2D eigenvalue weighted by atomic mass is 32.1. The number of likely N-dealkylation sites (N-methyl/N-ethyl adjacent to an activating group) is 1. The van der Waals surface area contributed by atoms with Crippen molar-refractivity contribution in [2.75, 3.05) is 71.7 Å². The molecule has 5 aromatic rings. The second-order valence-electron chi connectivity index (χ2n) is 14.0. The van der Waals surface area contributed by atoms with Crippen molar-refractivity contribution in [3.63, 3.8) is 0 Å². The summed E-state index contributed by atoms with van der Waals surface area (Å²) in [6.45, 7) is 3.68. The molecule has 0 fully saturated rings. The molecule has 0 amide bonds. The van der Waals surface area contributed by atoms with Crippen LogP contribution < -0.4 is 15.0 Å². The molecule has 53 heavy (non-hydrogen) atoms. The number of quaternary nitrogens is 1. The van der Waals surface area contributed by atoms with E-state index in [1.165, 1.54) is 28.7 Å². The van der Waals surface area contributed by atoms with E-state index in [1.807, 2.05) is 82.3 Å². The van der Waals surface area contributed by atoms with Gasteiger partial charge in [-0.3, -0.25) is 4.90 Å². The number of nitrogens with one attached hydrogen (secondary N) is 1. The number of anilines is 4. The molecule has 3 heterocycles. The zero-order valence-electron chi connectivity index (χ0n) is 30.9. The van der Waals surface area contributed by atoms with Crippen molar-refractivity contribution in [2.45, 2.75) is 38.7 Å². The van der Waals surface area contributed by atoms with Gasteiger partial charge in [0.25, 0.3) is 0 Å². The van der Waals surface area contributed by atoms with Gasteiger partial charge in [0, 0.05) is 17.0 Å². The second kappa shape index (κ2) is 17.9. The summed E-state index contributed by atoms with van der Waals surface area (Å²) in [4.78, 5) is 25.9. The summed E-state index contributed by atoms with van der Waals surface area (Å²) in [6, 6.07) is 14.4. The van der Waals surface area contributed by atoms with Gasteiger partial charge in [0.15, 0.2) is 39.2 Å². The smallest absolute Gasteiger partial charge is 0.355 e. The molecule has 3 aromatic heterocycles. The number of nitrogens with zero attached hydrogens (tertiary/aromatic N) is 7. The number of carboxylic acid groups (broad SMARTS) is 1. The third-order valence-electron chi connectivity index (χ3n) is 7.93. The van der Waals surface area contributed by atoms with Crippen molar-refractivity contribution >= 4 is 60.8 Å². The zero-order chi connectivity index (χ0) is 38.1. The maximum Gasteiger partial charge on any atom is 0.355 e. The van der Waals surface area contributed by atoms with Gasteiger partial charge in [-0.25, -0.2) is 19.2 Å². The lowest BCUT2D eigenvalue weighted by molar-refractivity contribution is -0.873. The van der Waals surface area contributed by atoms with E-state index in [4.69, 9.17) is 4.74 Å². The zero-order valence-corrected chi connectivity index (χ0v) is 32.5. The average Bonchev–Trinajstić information content (AvgIpc) is 3.70. The molecular weight excluding hydrogens is 716 g/mol. The molecule has 12 nitrogen and oxygen atoms in total. The molecule has 0 aliphatic rings. The molecule has 0 aliphatic carbocycles. The van der Waals surface area contributed by atoms with Crippen LogP contribution in [0.5, 0.6) is 5.75 Å². The number of aliphatic hydroxyl groups excluding tert-OH is 1. The van der Waals surface area contributed by atoms with Gasteiger partial charge in [-0.2, -0.15) is 0 Å². The first kappa shape index (κ1) is 39.5. The first-order valence-electron chi connectivity index (χ1n) is 17.3. The number of carbonyl (C=O) groups is 1. The molecule has 0 saturated heterocycles. The molecule has 280 valence electrons. The van der Waals surface area contributed by atoms with E-state index in [2.05, 4.69) is 37.3 Å². The maximum absolute atomic E-state index is 14.7. The monoisotopic (exact) mass is 761 g/mol. The lowest BCUT2D eigenvalue weighted by Crippen LogP contribution is -2.41. The number of fused-ring (bicyclic) bond motifs is 1. The van der Waals surface area contributed by atoms with Gasteiger partial charge in [0.05, 0.1) is 44.5 Å². The molecule has 15 heteroatoms. The third kappa shape index (κ3) is 11.4. The molecule has 0 saturated carbocycles. The Labute approximate surface area is 317 Å². The van der Waals surface area contributed by atoms with E-state index in [-0.39, 0.29) is 18.1 Å². The molecule has 2 aromatic carbocycles. The number of aromatic nitrogens is 4. The fraction of sp³-hybridized carbons (Fsp3) is 0.395. The second-order valence-corrected chi connectivity index (χ2v) is 16.1. The number of ether oxygens (including phenoxy) is 1. The Morgan fingerprint density at radius 2 is 1.87 bits per heavy atom. The standard InChI is InChI=1S/C38H45FN8O4S2/c1-25-22-33(43-44-35(25)42-37-40-29-14-7-8-15-31(29)52-37)46(20-10-13-27(48)24-47(4,5)6)38-41-34(36(49)50)32(53-38)16-11-21-51-30-18-17-26(23-28(30)39)12-9-19-45(2)3/h7-8,14-15,17-18,22-23,27,48H,10-11,13,16,19-21,24H2,1-6H3,(H-,40,42,44,49,50)/p+1. The van der Waals surface area contributed by atoms with E-state index in [1.54, 1.807) is 12.1 Å². The van der Waals surface area contributed by atoms with Gasteiger partial charge in [0.1, 0.15) is 12.6 Å². The van der Waals surface area contributed by atoms with Gasteiger partial charge in [-0.15, -0.1) is 21.5 Å². The van der Waals surface area contributed by atoms with Crippen molar-refractivity contribution in [1.29, 1.82) is 0 Å². The Balaban J connectivity index is 1.31.